The average Bonchev–Trinajstić information content (AvgIpc) is 2.46. The molecule has 6 heteroatoms. The van der Waals surface area contributed by atoms with Gasteiger partial charge in [-0.3, -0.25) is 0 Å². The van der Waals surface area contributed by atoms with Gasteiger partial charge in [0.2, 0.25) is 10.0 Å². The van der Waals surface area contributed by atoms with Gasteiger partial charge in [0.05, 0.1) is 4.90 Å². The van der Waals surface area contributed by atoms with Crippen molar-refractivity contribution in [2.24, 2.45) is 5.92 Å². The van der Waals surface area contributed by atoms with E-state index in [4.69, 9.17) is 0 Å². The van der Waals surface area contributed by atoms with Crippen molar-refractivity contribution in [3.8, 4) is 0 Å². The molecule has 1 unspecified atom stereocenters. The second kappa shape index (κ2) is 7.97. The molecule has 0 bridgehead atoms. The van der Waals surface area contributed by atoms with Crippen LogP contribution >= 0.6 is 12.4 Å². The molecule has 0 radical (unpaired) electrons. The van der Waals surface area contributed by atoms with Gasteiger partial charge in [0.15, 0.2) is 0 Å². The Balaban J connectivity index is 0.00000264. The molecule has 1 N–H and O–H groups in total. The lowest BCUT2D eigenvalue weighted by Gasteiger charge is -2.33. The highest BCUT2D eigenvalue weighted by molar-refractivity contribution is 7.89. The summed E-state index contributed by atoms with van der Waals surface area (Å²) in [5, 5.41) is 3.17. The Morgan fingerprint density at radius 2 is 1.74 bits per heavy atom. The van der Waals surface area contributed by atoms with Gasteiger partial charge in [0.25, 0.3) is 0 Å². The predicted octanol–water partition coefficient (Wildman–Crippen LogP) is 2.96. The molecular weight excluding hydrogens is 332 g/mol. The van der Waals surface area contributed by atoms with Crippen LogP contribution in [-0.4, -0.2) is 39.4 Å². The summed E-state index contributed by atoms with van der Waals surface area (Å²) < 4.78 is 28.1. The zero-order chi connectivity index (χ0) is 16.5. The molecule has 4 nitrogen and oxygen atoms in total. The lowest BCUT2D eigenvalue weighted by molar-refractivity contribution is 0.263. The number of rotatable bonds is 4. The quantitative estimate of drug-likeness (QED) is 0.898. The normalized spacial score (nSPS) is 19.4. The molecule has 2 rings (SSSR count). The first-order chi connectivity index (χ1) is 10.3. The van der Waals surface area contributed by atoms with Gasteiger partial charge in [-0.15, -0.1) is 12.4 Å². The smallest absolute Gasteiger partial charge is 0.243 e. The molecule has 0 spiro atoms. The maximum atomic E-state index is 13.2. The first-order valence-electron chi connectivity index (χ1n) is 8.01. The highest BCUT2D eigenvalue weighted by Crippen LogP contribution is 2.31. The zero-order valence-electron chi connectivity index (χ0n) is 14.8. The summed E-state index contributed by atoms with van der Waals surface area (Å²) in [5.41, 5.74) is 3.87. The van der Waals surface area contributed by atoms with Crippen molar-refractivity contribution >= 4 is 22.4 Å². The van der Waals surface area contributed by atoms with E-state index in [2.05, 4.69) is 11.4 Å². The van der Waals surface area contributed by atoms with Crippen LogP contribution in [0, 0.1) is 33.6 Å². The maximum Gasteiger partial charge on any atom is 0.243 e. The number of piperidine rings is 1. The van der Waals surface area contributed by atoms with Gasteiger partial charge in [-0.25, -0.2) is 8.42 Å². The van der Waals surface area contributed by atoms with E-state index in [1.54, 1.807) is 4.31 Å². The van der Waals surface area contributed by atoms with Crippen LogP contribution in [0.3, 0.4) is 0 Å². The van der Waals surface area contributed by atoms with Crippen LogP contribution in [0.4, 0.5) is 0 Å². The Kier molecular flexibility index (Phi) is 7.08. The van der Waals surface area contributed by atoms with Crippen LogP contribution in [-0.2, 0) is 10.0 Å². The Hall–Kier alpha value is -0.620. The zero-order valence-corrected chi connectivity index (χ0v) is 16.4. The fourth-order valence-corrected chi connectivity index (χ4v) is 5.53. The first kappa shape index (κ1) is 20.4. The van der Waals surface area contributed by atoms with Crippen LogP contribution in [0.2, 0.25) is 0 Å². The lowest BCUT2D eigenvalue weighted by Crippen LogP contribution is -2.42. The van der Waals surface area contributed by atoms with Gasteiger partial charge >= 0.3 is 0 Å². The molecule has 1 aromatic rings. The minimum atomic E-state index is -3.41. The first-order valence-corrected chi connectivity index (χ1v) is 9.45. The van der Waals surface area contributed by atoms with E-state index >= 15 is 0 Å². The molecule has 0 saturated carbocycles. The van der Waals surface area contributed by atoms with E-state index < -0.39 is 10.0 Å². The number of halogens is 1. The largest absolute Gasteiger partial charge is 0.319 e. The number of hydrogen-bond acceptors (Lipinski definition) is 3. The van der Waals surface area contributed by atoms with Crippen LogP contribution in [0.5, 0.6) is 0 Å². The summed E-state index contributed by atoms with van der Waals surface area (Å²) in [7, 11) is -1.49. The summed E-state index contributed by atoms with van der Waals surface area (Å²) in [5.74, 6) is 0.403. The Morgan fingerprint density at radius 3 is 2.26 bits per heavy atom. The van der Waals surface area contributed by atoms with Crippen molar-refractivity contribution in [1.82, 2.24) is 9.62 Å². The van der Waals surface area contributed by atoms with Gasteiger partial charge in [-0.2, -0.15) is 4.31 Å². The molecule has 23 heavy (non-hydrogen) atoms. The monoisotopic (exact) mass is 360 g/mol. The van der Waals surface area contributed by atoms with Crippen molar-refractivity contribution in [3.63, 3.8) is 0 Å². The fraction of sp³-hybridized carbons (Fsp3) is 0.647. The highest BCUT2D eigenvalue weighted by Gasteiger charge is 2.32. The lowest BCUT2D eigenvalue weighted by atomic mass is 10.00. The van der Waals surface area contributed by atoms with Crippen molar-refractivity contribution in [1.29, 1.82) is 0 Å². The molecular formula is C17H29ClN2O2S. The molecule has 1 aliphatic heterocycles. The van der Waals surface area contributed by atoms with Gasteiger partial charge in [0.1, 0.15) is 0 Å². The third-order valence-electron chi connectivity index (χ3n) is 4.87. The number of nitrogens with zero attached hydrogens (tertiary/aromatic N) is 1. The van der Waals surface area contributed by atoms with Gasteiger partial charge in [-0.1, -0.05) is 6.07 Å². The van der Waals surface area contributed by atoms with E-state index in [1.165, 1.54) is 0 Å². The summed E-state index contributed by atoms with van der Waals surface area (Å²) in [6, 6.07) is 2.07. The standard InChI is InChI=1S/C17H28N2O2S.ClH/c1-12-9-13(2)15(4)17(14(12)3)22(20,21)19-8-6-7-16(11-19)10-18-5;/h9,16,18H,6-8,10-11H2,1-5H3;1H. The molecule has 132 valence electrons. The van der Waals surface area contributed by atoms with Crippen LogP contribution in [0.1, 0.15) is 35.1 Å². The number of hydrogen-bond donors (Lipinski definition) is 1. The third kappa shape index (κ3) is 4.08. The predicted molar refractivity (Wildman–Crippen MR) is 98.0 cm³/mol. The highest BCUT2D eigenvalue weighted by atomic mass is 35.5. The summed E-state index contributed by atoms with van der Waals surface area (Å²) >= 11 is 0. The number of sulfonamides is 1. The van der Waals surface area contributed by atoms with Crippen molar-refractivity contribution in [3.05, 3.63) is 28.3 Å². The summed E-state index contributed by atoms with van der Waals surface area (Å²) in [4.78, 5) is 0.523. The molecule has 1 fully saturated rings. The van der Waals surface area contributed by atoms with Crippen molar-refractivity contribution in [2.45, 2.75) is 45.4 Å². The Morgan fingerprint density at radius 1 is 1.17 bits per heavy atom. The van der Waals surface area contributed by atoms with Crippen LogP contribution in [0.15, 0.2) is 11.0 Å². The van der Waals surface area contributed by atoms with E-state index in [9.17, 15) is 8.42 Å². The fourth-order valence-electron chi connectivity index (χ4n) is 3.40. The molecule has 0 aliphatic carbocycles. The molecule has 0 amide bonds. The molecule has 1 atom stereocenters. The van der Waals surface area contributed by atoms with E-state index in [0.29, 0.717) is 23.9 Å². The van der Waals surface area contributed by atoms with Crippen LogP contribution < -0.4 is 5.32 Å². The second-order valence-electron chi connectivity index (χ2n) is 6.52. The minimum absolute atomic E-state index is 0. The molecule has 0 aromatic heterocycles. The van der Waals surface area contributed by atoms with Gasteiger partial charge in [-0.05, 0) is 82.3 Å². The Labute approximate surface area is 147 Å². The molecule has 1 aromatic carbocycles. The van der Waals surface area contributed by atoms with Gasteiger partial charge in [0, 0.05) is 13.1 Å². The Bertz CT molecular complexity index is 631. The average molecular weight is 361 g/mol. The van der Waals surface area contributed by atoms with Crippen molar-refractivity contribution in [2.75, 3.05) is 26.7 Å². The molecule has 1 heterocycles. The van der Waals surface area contributed by atoms with E-state index in [-0.39, 0.29) is 12.4 Å². The SMILES string of the molecule is CNCC1CCCN(S(=O)(=O)c2c(C)c(C)cc(C)c2C)C1.Cl. The maximum absolute atomic E-state index is 13.2. The van der Waals surface area contributed by atoms with Crippen molar-refractivity contribution < 1.29 is 8.42 Å². The number of nitrogens with one attached hydrogen (secondary N) is 1. The topological polar surface area (TPSA) is 49.4 Å². The third-order valence-corrected chi connectivity index (χ3v) is 7.01. The minimum Gasteiger partial charge on any atom is -0.319 e. The number of benzene rings is 1. The second-order valence-corrected chi connectivity index (χ2v) is 8.39. The van der Waals surface area contributed by atoms with E-state index in [1.807, 2.05) is 34.7 Å². The van der Waals surface area contributed by atoms with Crippen LogP contribution in [0.25, 0.3) is 0 Å². The van der Waals surface area contributed by atoms with Gasteiger partial charge < -0.3 is 5.32 Å². The summed E-state index contributed by atoms with van der Waals surface area (Å²) in [6.45, 7) is 9.94. The van der Waals surface area contributed by atoms with E-state index in [0.717, 1.165) is 41.6 Å². The number of aryl methyl sites for hydroxylation is 2. The summed E-state index contributed by atoms with van der Waals surface area (Å²) in [6.07, 6.45) is 2.03. The molecule has 1 aliphatic rings. The molecule has 1 saturated heterocycles.